The number of benzene rings is 8. The molecule has 0 saturated carbocycles. The van der Waals surface area contributed by atoms with Gasteiger partial charge in [-0.05, 0) is 77.4 Å². The van der Waals surface area contributed by atoms with Crippen LogP contribution in [0.1, 0.15) is 0 Å². The van der Waals surface area contributed by atoms with Crippen LogP contribution in [0.25, 0.3) is 71.7 Å². The molecule has 2 aromatic heterocycles. The molecule has 0 radical (unpaired) electrons. The first-order valence-corrected chi connectivity index (χ1v) is 17.4. The molecule has 0 spiro atoms. The minimum absolute atomic E-state index is 0.893. The summed E-state index contributed by atoms with van der Waals surface area (Å²) in [6.07, 6.45) is 0. The van der Waals surface area contributed by atoms with E-state index in [4.69, 9.17) is 4.42 Å². The monoisotopic (exact) mass is 652 g/mol. The van der Waals surface area contributed by atoms with Crippen molar-refractivity contribution in [3.05, 3.63) is 194 Å². The summed E-state index contributed by atoms with van der Waals surface area (Å²) in [6, 6.07) is 69.2. The highest BCUT2D eigenvalue weighted by Crippen LogP contribution is 2.47. The first-order chi connectivity index (χ1) is 25.3. The van der Waals surface area contributed by atoms with Crippen LogP contribution in [0.5, 0.6) is 0 Å². The van der Waals surface area contributed by atoms with E-state index >= 15 is 0 Å². The summed E-state index contributed by atoms with van der Waals surface area (Å²) in [6.45, 7) is 0. The van der Waals surface area contributed by atoms with E-state index in [0.29, 0.717) is 0 Å². The highest BCUT2D eigenvalue weighted by molar-refractivity contribution is 6.17. The van der Waals surface area contributed by atoms with Crippen molar-refractivity contribution in [2.75, 3.05) is 4.90 Å². The van der Waals surface area contributed by atoms with Crippen molar-refractivity contribution >= 4 is 60.8 Å². The Balaban J connectivity index is 1.24. The molecule has 2 heterocycles. The third-order valence-corrected chi connectivity index (χ3v) is 10.00. The Hall–Kier alpha value is -6.84. The molecule has 0 saturated heterocycles. The first kappa shape index (κ1) is 29.1. The van der Waals surface area contributed by atoms with Gasteiger partial charge in [0.25, 0.3) is 0 Å². The van der Waals surface area contributed by atoms with Crippen LogP contribution < -0.4 is 4.90 Å². The van der Waals surface area contributed by atoms with Gasteiger partial charge < -0.3 is 13.9 Å². The number of nitrogens with zero attached hydrogens (tertiary/aromatic N) is 2. The third-order valence-electron chi connectivity index (χ3n) is 10.00. The number of fused-ring (bicyclic) bond motifs is 6. The molecule has 0 amide bonds. The topological polar surface area (TPSA) is 21.3 Å². The van der Waals surface area contributed by atoms with Crippen molar-refractivity contribution in [3.63, 3.8) is 0 Å². The highest BCUT2D eigenvalue weighted by atomic mass is 16.3. The van der Waals surface area contributed by atoms with Crippen LogP contribution in [0.2, 0.25) is 0 Å². The SMILES string of the molecule is c1ccc(-c2ccc(N(c3ccccc3-c3ccccc3)c3cccc4c3c3ccccc3n4-c3ccc4oc5ccccc5c4c3)cc2)cc1. The van der Waals surface area contributed by atoms with Gasteiger partial charge >= 0.3 is 0 Å². The second kappa shape index (κ2) is 11.9. The van der Waals surface area contributed by atoms with Crippen molar-refractivity contribution in [1.29, 1.82) is 0 Å². The Bertz CT molecular complexity index is 2850. The number of rotatable bonds is 6. The molecular formula is C48H32N2O. The van der Waals surface area contributed by atoms with Gasteiger partial charge in [0, 0.05) is 38.5 Å². The Kier molecular flexibility index (Phi) is 6.81. The van der Waals surface area contributed by atoms with Crippen molar-refractivity contribution < 1.29 is 4.42 Å². The van der Waals surface area contributed by atoms with Crippen LogP contribution in [-0.2, 0) is 0 Å². The van der Waals surface area contributed by atoms with Crippen LogP contribution in [0.3, 0.4) is 0 Å². The van der Waals surface area contributed by atoms with Gasteiger partial charge in [0.1, 0.15) is 11.2 Å². The van der Waals surface area contributed by atoms with Crippen molar-refractivity contribution in [2.24, 2.45) is 0 Å². The zero-order chi connectivity index (χ0) is 33.7. The lowest BCUT2D eigenvalue weighted by Gasteiger charge is -2.29. The van der Waals surface area contributed by atoms with Gasteiger partial charge in [-0.1, -0.05) is 133 Å². The summed E-state index contributed by atoms with van der Waals surface area (Å²) in [4.78, 5) is 2.43. The van der Waals surface area contributed by atoms with Crippen LogP contribution >= 0.6 is 0 Å². The van der Waals surface area contributed by atoms with Crippen molar-refractivity contribution in [3.8, 4) is 27.9 Å². The molecule has 10 aromatic rings. The number of aromatic nitrogens is 1. The largest absolute Gasteiger partial charge is 0.456 e. The fourth-order valence-corrected chi connectivity index (χ4v) is 7.69. The van der Waals surface area contributed by atoms with Crippen molar-refractivity contribution in [1.82, 2.24) is 4.57 Å². The number of hydrogen-bond donors (Lipinski definition) is 0. The van der Waals surface area contributed by atoms with Gasteiger partial charge in [0.05, 0.1) is 22.4 Å². The van der Waals surface area contributed by atoms with Gasteiger partial charge in [0.15, 0.2) is 0 Å². The lowest BCUT2D eigenvalue weighted by atomic mass is 10.00. The summed E-state index contributed by atoms with van der Waals surface area (Å²) in [5.74, 6) is 0. The first-order valence-electron chi connectivity index (χ1n) is 17.4. The smallest absolute Gasteiger partial charge is 0.135 e. The van der Waals surface area contributed by atoms with E-state index in [-0.39, 0.29) is 0 Å². The standard InChI is InChI=1S/C48H32N2O/c1-3-14-33(15-4-1)34-26-28-36(29-27-34)49(42-21-10-7-18-38(42)35-16-5-2-6-17-35)44-23-13-24-45-48(44)40-20-8-11-22-43(40)50(45)37-30-31-47-41(32-37)39-19-9-12-25-46(39)51-47/h1-32H. The molecule has 0 atom stereocenters. The lowest BCUT2D eigenvalue weighted by Crippen LogP contribution is -2.11. The summed E-state index contributed by atoms with van der Waals surface area (Å²) in [5.41, 5.74) is 13.3. The fraction of sp³-hybridized carbons (Fsp3) is 0. The minimum atomic E-state index is 0.893. The van der Waals surface area contributed by atoms with Crippen LogP contribution in [0, 0.1) is 0 Å². The van der Waals surface area contributed by atoms with E-state index < -0.39 is 0 Å². The van der Waals surface area contributed by atoms with Gasteiger partial charge in [-0.2, -0.15) is 0 Å². The summed E-state index contributed by atoms with van der Waals surface area (Å²) in [7, 11) is 0. The molecule has 10 rings (SSSR count). The molecule has 8 aromatic carbocycles. The zero-order valence-electron chi connectivity index (χ0n) is 27.8. The van der Waals surface area contributed by atoms with E-state index in [9.17, 15) is 0 Å². The summed E-state index contributed by atoms with van der Waals surface area (Å²) < 4.78 is 8.61. The molecule has 0 fully saturated rings. The van der Waals surface area contributed by atoms with Gasteiger partial charge in [-0.25, -0.2) is 0 Å². The Labute approximate surface area is 295 Å². The maximum atomic E-state index is 6.22. The number of furan rings is 1. The molecule has 3 heteroatoms. The molecular weight excluding hydrogens is 621 g/mol. The third kappa shape index (κ3) is 4.82. The Morgan fingerprint density at radius 2 is 1.00 bits per heavy atom. The Morgan fingerprint density at radius 1 is 0.392 bits per heavy atom. The fourth-order valence-electron chi connectivity index (χ4n) is 7.69. The average Bonchev–Trinajstić information content (AvgIpc) is 3.75. The number of para-hydroxylation sites is 3. The maximum absolute atomic E-state index is 6.22. The molecule has 0 bridgehead atoms. The molecule has 240 valence electrons. The lowest BCUT2D eigenvalue weighted by molar-refractivity contribution is 0.669. The van der Waals surface area contributed by atoms with E-state index in [1.165, 1.54) is 33.0 Å². The highest BCUT2D eigenvalue weighted by Gasteiger charge is 2.23. The molecule has 51 heavy (non-hydrogen) atoms. The molecule has 0 unspecified atom stereocenters. The summed E-state index contributed by atoms with van der Waals surface area (Å²) >= 11 is 0. The molecule has 0 aliphatic heterocycles. The van der Waals surface area contributed by atoms with Gasteiger partial charge in [-0.15, -0.1) is 0 Å². The van der Waals surface area contributed by atoms with Gasteiger partial charge in [-0.3, -0.25) is 0 Å². The molecule has 0 aliphatic rings. The average molecular weight is 653 g/mol. The molecule has 0 aliphatic carbocycles. The van der Waals surface area contributed by atoms with E-state index in [1.807, 2.05) is 12.1 Å². The quantitative estimate of drug-likeness (QED) is 0.178. The van der Waals surface area contributed by atoms with Crippen LogP contribution in [0.15, 0.2) is 199 Å². The second-order valence-corrected chi connectivity index (χ2v) is 12.9. The minimum Gasteiger partial charge on any atom is -0.456 e. The number of anilines is 3. The Morgan fingerprint density at radius 3 is 1.82 bits per heavy atom. The number of hydrogen-bond acceptors (Lipinski definition) is 2. The normalized spacial score (nSPS) is 11.5. The predicted molar refractivity (Wildman–Crippen MR) is 214 cm³/mol. The second-order valence-electron chi connectivity index (χ2n) is 12.9. The molecule has 3 nitrogen and oxygen atoms in total. The molecule has 0 N–H and O–H groups in total. The van der Waals surface area contributed by atoms with E-state index in [2.05, 4.69) is 191 Å². The van der Waals surface area contributed by atoms with E-state index in [1.54, 1.807) is 0 Å². The van der Waals surface area contributed by atoms with Crippen molar-refractivity contribution in [2.45, 2.75) is 0 Å². The van der Waals surface area contributed by atoms with Crippen LogP contribution in [0.4, 0.5) is 17.1 Å². The summed E-state index contributed by atoms with van der Waals surface area (Å²) in [5, 5.41) is 4.63. The van der Waals surface area contributed by atoms with Gasteiger partial charge in [0.2, 0.25) is 0 Å². The predicted octanol–water partition coefficient (Wildman–Crippen LogP) is 13.5. The zero-order valence-corrected chi connectivity index (χ0v) is 27.8. The van der Waals surface area contributed by atoms with Crippen LogP contribution in [-0.4, -0.2) is 4.57 Å². The van der Waals surface area contributed by atoms with E-state index in [0.717, 1.165) is 55.7 Å². The maximum Gasteiger partial charge on any atom is 0.135 e.